The minimum absolute atomic E-state index is 0.0641. The van der Waals surface area contributed by atoms with E-state index in [0.717, 1.165) is 12.8 Å². The molecular weight excluding hydrogens is 258 g/mol. The summed E-state index contributed by atoms with van der Waals surface area (Å²) in [5.41, 5.74) is -0.491. The Morgan fingerprint density at radius 2 is 2.00 bits per heavy atom. The number of carbonyl (C=O) groups is 2. The topological polar surface area (TPSA) is 55.8 Å². The van der Waals surface area contributed by atoms with Crippen LogP contribution in [0.1, 0.15) is 53.9 Å². The Hall–Kier alpha value is -1.26. The molecule has 2 atom stereocenters. The summed E-state index contributed by atoms with van der Waals surface area (Å²) in [7, 11) is 0. The molecule has 0 bridgehead atoms. The predicted molar refractivity (Wildman–Crippen MR) is 76.4 cm³/mol. The fourth-order valence-electron chi connectivity index (χ4n) is 2.55. The zero-order valence-corrected chi connectivity index (χ0v) is 13.3. The average molecular weight is 285 g/mol. The highest BCUT2D eigenvalue weighted by atomic mass is 16.6. The van der Waals surface area contributed by atoms with Gasteiger partial charge in [0.15, 0.2) is 0 Å². The van der Waals surface area contributed by atoms with E-state index in [1.165, 1.54) is 0 Å². The minimum atomic E-state index is -0.491. The number of rotatable bonds is 4. The van der Waals surface area contributed by atoms with Crippen molar-refractivity contribution in [1.29, 1.82) is 0 Å². The second-order valence-electron chi connectivity index (χ2n) is 6.37. The Kier molecular flexibility index (Phi) is 5.84. The standard InChI is InChI=1S/C15H27NO4/c1-6-19-13(17)10-11(2)12-8-7-9-16(12)14(18)20-15(3,4)5/h11-12H,6-10H2,1-5H3. The number of nitrogens with zero attached hydrogens (tertiary/aromatic N) is 1. The summed E-state index contributed by atoms with van der Waals surface area (Å²) in [5.74, 6) is -0.111. The maximum atomic E-state index is 12.2. The van der Waals surface area contributed by atoms with Gasteiger partial charge in [-0.3, -0.25) is 4.79 Å². The highest BCUT2D eigenvalue weighted by Crippen LogP contribution is 2.28. The molecule has 5 nitrogen and oxygen atoms in total. The van der Waals surface area contributed by atoms with E-state index < -0.39 is 5.60 Å². The van der Waals surface area contributed by atoms with Gasteiger partial charge in [0.05, 0.1) is 13.0 Å². The molecule has 5 heteroatoms. The zero-order valence-electron chi connectivity index (χ0n) is 13.3. The third-order valence-electron chi connectivity index (χ3n) is 3.38. The SMILES string of the molecule is CCOC(=O)CC(C)C1CCCN1C(=O)OC(C)(C)C. The van der Waals surface area contributed by atoms with Crippen LogP contribution in [-0.2, 0) is 14.3 Å². The lowest BCUT2D eigenvalue weighted by atomic mass is 9.96. The first-order chi connectivity index (χ1) is 9.24. The summed E-state index contributed by atoms with van der Waals surface area (Å²) in [6, 6.07) is 0.0641. The maximum absolute atomic E-state index is 12.2. The van der Waals surface area contributed by atoms with Crippen molar-refractivity contribution in [2.24, 2.45) is 5.92 Å². The van der Waals surface area contributed by atoms with Crippen LogP contribution in [0.2, 0.25) is 0 Å². The molecule has 0 aromatic heterocycles. The highest BCUT2D eigenvalue weighted by molar-refractivity contribution is 5.71. The molecule has 0 radical (unpaired) electrons. The Bertz CT molecular complexity index is 348. The van der Waals surface area contributed by atoms with Crippen molar-refractivity contribution in [3.8, 4) is 0 Å². The van der Waals surface area contributed by atoms with Crippen molar-refractivity contribution >= 4 is 12.1 Å². The van der Waals surface area contributed by atoms with Crippen LogP contribution in [0.5, 0.6) is 0 Å². The molecule has 0 N–H and O–H groups in total. The lowest BCUT2D eigenvalue weighted by molar-refractivity contribution is -0.144. The first-order valence-corrected chi connectivity index (χ1v) is 7.40. The summed E-state index contributed by atoms with van der Waals surface area (Å²) < 4.78 is 10.4. The van der Waals surface area contributed by atoms with E-state index in [9.17, 15) is 9.59 Å². The van der Waals surface area contributed by atoms with Crippen molar-refractivity contribution in [2.45, 2.75) is 65.5 Å². The summed E-state index contributed by atoms with van der Waals surface area (Å²) in [5, 5.41) is 0. The first-order valence-electron chi connectivity index (χ1n) is 7.40. The molecule has 1 rings (SSSR count). The summed E-state index contributed by atoms with van der Waals surface area (Å²) >= 11 is 0. The van der Waals surface area contributed by atoms with Crippen LogP contribution in [0.4, 0.5) is 4.79 Å². The van der Waals surface area contributed by atoms with Crippen molar-refractivity contribution in [1.82, 2.24) is 4.90 Å². The number of esters is 1. The predicted octanol–water partition coefficient (Wildman–Crippen LogP) is 2.98. The lowest BCUT2D eigenvalue weighted by Crippen LogP contribution is -2.42. The lowest BCUT2D eigenvalue weighted by Gasteiger charge is -2.31. The van der Waals surface area contributed by atoms with Gasteiger partial charge in [0.2, 0.25) is 0 Å². The van der Waals surface area contributed by atoms with Crippen LogP contribution in [-0.4, -0.2) is 41.8 Å². The summed E-state index contributed by atoms with van der Waals surface area (Å²) in [6.07, 6.45) is 1.94. The average Bonchev–Trinajstić information content (AvgIpc) is 2.75. The monoisotopic (exact) mass is 285 g/mol. The molecule has 1 fully saturated rings. The van der Waals surface area contributed by atoms with Crippen molar-refractivity contribution in [3.63, 3.8) is 0 Å². The van der Waals surface area contributed by atoms with Gasteiger partial charge in [-0.1, -0.05) is 6.92 Å². The number of hydrogen-bond acceptors (Lipinski definition) is 4. The summed E-state index contributed by atoms with van der Waals surface area (Å²) in [4.78, 5) is 25.5. The van der Waals surface area contributed by atoms with Crippen LogP contribution in [0, 0.1) is 5.92 Å². The second-order valence-corrected chi connectivity index (χ2v) is 6.37. The smallest absolute Gasteiger partial charge is 0.410 e. The van der Waals surface area contributed by atoms with Crippen molar-refractivity contribution in [3.05, 3.63) is 0 Å². The molecular formula is C15H27NO4. The number of hydrogen-bond donors (Lipinski definition) is 0. The molecule has 1 saturated heterocycles. The molecule has 0 spiro atoms. The quantitative estimate of drug-likeness (QED) is 0.745. The molecule has 0 saturated carbocycles. The van der Waals surface area contributed by atoms with Crippen LogP contribution >= 0.6 is 0 Å². The summed E-state index contributed by atoms with van der Waals surface area (Å²) in [6.45, 7) is 10.5. The van der Waals surface area contributed by atoms with Gasteiger partial charge in [-0.2, -0.15) is 0 Å². The van der Waals surface area contributed by atoms with E-state index >= 15 is 0 Å². The molecule has 0 aromatic rings. The van der Waals surface area contributed by atoms with Gasteiger partial charge in [-0.15, -0.1) is 0 Å². The van der Waals surface area contributed by atoms with E-state index in [1.807, 2.05) is 27.7 Å². The highest BCUT2D eigenvalue weighted by Gasteiger charge is 2.36. The molecule has 20 heavy (non-hydrogen) atoms. The van der Waals surface area contributed by atoms with E-state index in [1.54, 1.807) is 11.8 Å². The van der Waals surface area contributed by atoms with Gasteiger partial charge < -0.3 is 14.4 Å². The molecule has 1 amide bonds. The normalized spacial score (nSPS) is 20.6. The van der Waals surface area contributed by atoms with Crippen LogP contribution in [0.25, 0.3) is 0 Å². The maximum Gasteiger partial charge on any atom is 0.410 e. The fourth-order valence-corrected chi connectivity index (χ4v) is 2.55. The van der Waals surface area contributed by atoms with Gasteiger partial charge in [0, 0.05) is 12.6 Å². The van der Waals surface area contributed by atoms with E-state index in [-0.39, 0.29) is 24.0 Å². The van der Waals surface area contributed by atoms with Crippen molar-refractivity contribution < 1.29 is 19.1 Å². The molecule has 1 aliphatic heterocycles. The largest absolute Gasteiger partial charge is 0.466 e. The third kappa shape index (κ3) is 5.02. The van der Waals surface area contributed by atoms with E-state index in [2.05, 4.69) is 0 Å². The Balaban J connectivity index is 2.60. The Morgan fingerprint density at radius 3 is 2.55 bits per heavy atom. The number of likely N-dealkylation sites (tertiary alicyclic amines) is 1. The third-order valence-corrected chi connectivity index (χ3v) is 3.38. The van der Waals surface area contributed by atoms with Crippen LogP contribution in [0.3, 0.4) is 0 Å². The van der Waals surface area contributed by atoms with E-state index in [0.29, 0.717) is 19.6 Å². The Morgan fingerprint density at radius 1 is 1.35 bits per heavy atom. The first kappa shape index (κ1) is 16.8. The van der Waals surface area contributed by atoms with Gasteiger partial charge >= 0.3 is 12.1 Å². The number of ether oxygens (including phenoxy) is 2. The van der Waals surface area contributed by atoms with Gasteiger partial charge in [0.25, 0.3) is 0 Å². The molecule has 2 unspecified atom stereocenters. The zero-order chi connectivity index (χ0) is 15.3. The fraction of sp³-hybridized carbons (Fsp3) is 0.867. The van der Waals surface area contributed by atoms with Gasteiger partial charge in [0.1, 0.15) is 5.60 Å². The Labute approximate surface area is 121 Å². The van der Waals surface area contributed by atoms with Gasteiger partial charge in [-0.25, -0.2) is 4.79 Å². The van der Waals surface area contributed by atoms with Crippen LogP contribution < -0.4 is 0 Å². The molecule has 0 aliphatic carbocycles. The number of amides is 1. The van der Waals surface area contributed by atoms with Crippen LogP contribution in [0.15, 0.2) is 0 Å². The molecule has 1 aliphatic rings. The van der Waals surface area contributed by atoms with Crippen molar-refractivity contribution in [2.75, 3.05) is 13.2 Å². The van der Waals surface area contributed by atoms with E-state index in [4.69, 9.17) is 9.47 Å². The molecule has 1 heterocycles. The van der Waals surface area contributed by atoms with Gasteiger partial charge in [-0.05, 0) is 46.5 Å². The molecule has 0 aromatic carbocycles. The molecule has 116 valence electrons. The number of carbonyl (C=O) groups excluding carboxylic acids is 2. The second kappa shape index (κ2) is 6.95. The minimum Gasteiger partial charge on any atom is -0.466 e.